The average molecular weight is 344 g/mol. The molecule has 0 spiro atoms. The minimum atomic E-state index is -2.51. The molecule has 24 heavy (non-hydrogen) atoms. The Kier molecular flexibility index (Phi) is 4.47. The Morgan fingerprint density at radius 2 is 1.71 bits per heavy atom. The van der Waals surface area contributed by atoms with Gasteiger partial charge in [-0.15, -0.1) is 0 Å². The van der Waals surface area contributed by atoms with Crippen LogP contribution in [-0.2, 0) is 0 Å². The second-order valence-corrected chi connectivity index (χ2v) is 6.76. The molecule has 1 saturated heterocycles. The third-order valence-electron chi connectivity index (χ3n) is 3.86. The molecule has 9 heteroatoms. The van der Waals surface area contributed by atoms with Crippen LogP contribution < -0.4 is 15.8 Å². The van der Waals surface area contributed by atoms with Gasteiger partial charge in [-0.1, -0.05) is 0 Å². The fourth-order valence-corrected chi connectivity index (χ4v) is 2.96. The number of piperidine rings is 1. The van der Waals surface area contributed by atoms with Gasteiger partial charge in [-0.2, -0.15) is 0 Å². The molecule has 0 aromatic heterocycles. The first-order valence-electron chi connectivity index (χ1n) is 7.43. The number of aliphatic hydroxyl groups is 5. The van der Waals surface area contributed by atoms with E-state index in [1.165, 1.54) is 19.9 Å². The lowest BCUT2D eigenvalue weighted by Gasteiger charge is -2.41. The van der Waals surface area contributed by atoms with E-state index in [4.69, 9.17) is 10.5 Å². The summed E-state index contributed by atoms with van der Waals surface area (Å²) in [6.45, 7) is 4.32. The highest BCUT2D eigenvalue weighted by molar-refractivity contribution is 5.67. The summed E-state index contributed by atoms with van der Waals surface area (Å²) >= 11 is 0. The molecule has 0 radical (unpaired) electrons. The maximum Gasteiger partial charge on any atom is 0.227 e. The molecule has 0 atom stereocenters. The smallest absolute Gasteiger partial charge is 0.227 e. The molecule has 0 saturated carbocycles. The summed E-state index contributed by atoms with van der Waals surface area (Å²) in [5, 5.41) is 61.0. The van der Waals surface area contributed by atoms with Gasteiger partial charge in [0.05, 0.1) is 0 Å². The summed E-state index contributed by atoms with van der Waals surface area (Å²) in [6, 6.07) is 1.44. The Labute approximate surface area is 138 Å². The largest absolute Gasteiger partial charge is 0.505 e. The van der Waals surface area contributed by atoms with Crippen LogP contribution in [0.25, 0.3) is 0 Å². The molecule has 1 aromatic rings. The van der Waals surface area contributed by atoms with Crippen molar-refractivity contribution in [3.63, 3.8) is 0 Å². The van der Waals surface area contributed by atoms with E-state index in [0.29, 0.717) is 11.1 Å². The van der Waals surface area contributed by atoms with Gasteiger partial charge in [0.25, 0.3) is 0 Å². The first-order valence-corrected chi connectivity index (χ1v) is 7.43. The van der Waals surface area contributed by atoms with Gasteiger partial charge in [-0.3, -0.25) is 0 Å². The zero-order valence-electron chi connectivity index (χ0n) is 13.7. The van der Waals surface area contributed by atoms with Gasteiger partial charge in [0.2, 0.25) is 17.6 Å². The van der Waals surface area contributed by atoms with E-state index in [0.717, 1.165) is 0 Å². The standard InChI is InChI=1S/C15H24N2O7/c1-7-9(8-5-14(20,21)17-15(22,23)6-8)4-10(11(16)12(7)18)24-13(2,3)19/h4,8,17-23H,5-6,16H2,1-3H3. The van der Waals surface area contributed by atoms with E-state index in [1.807, 2.05) is 5.32 Å². The molecule has 1 fully saturated rings. The van der Waals surface area contributed by atoms with E-state index < -0.39 is 23.5 Å². The fourth-order valence-electron chi connectivity index (χ4n) is 2.96. The number of phenols is 1. The zero-order valence-corrected chi connectivity index (χ0v) is 13.7. The zero-order chi connectivity index (χ0) is 18.5. The van der Waals surface area contributed by atoms with Crippen molar-refractivity contribution in [2.75, 3.05) is 5.73 Å². The molecule has 1 heterocycles. The highest BCUT2D eigenvalue weighted by Crippen LogP contribution is 2.44. The number of phenolic OH excluding ortho intramolecular Hbond substituents is 1. The van der Waals surface area contributed by atoms with Crippen molar-refractivity contribution in [3.05, 3.63) is 17.2 Å². The third-order valence-corrected chi connectivity index (χ3v) is 3.86. The van der Waals surface area contributed by atoms with Crippen LogP contribution in [0.15, 0.2) is 6.07 Å². The van der Waals surface area contributed by atoms with Crippen LogP contribution in [0.5, 0.6) is 11.5 Å². The summed E-state index contributed by atoms with van der Waals surface area (Å²) in [7, 11) is 0. The second kappa shape index (κ2) is 5.73. The van der Waals surface area contributed by atoms with Crippen LogP contribution in [0, 0.1) is 6.92 Å². The molecule has 0 aliphatic carbocycles. The summed E-state index contributed by atoms with van der Waals surface area (Å²) in [4.78, 5) is 0. The molecule has 1 aliphatic heterocycles. The van der Waals surface area contributed by atoms with Crippen LogP contribution in [0.4, 0.5) is 5.69 Å². The topological polar surface area (TPSA) is 169 Å². The number of hydrogen-bond donors (Lipinski definition) is 8. The van der Waals surface area contributed by atoms with E-state index in [1.54, 1.807) is 6.92 Å². The normalized spacial score (nSPS) is 20.8. The second-order valence-electron chi connectivity index (χ2n) is 6.76. The van der Waals surface area contributed by atoms with Crippen molar-refractivity contribution in [1.29, 1.82) is 0 Å². The van der Waals surface area contributed by atoms with Crippen LogP contribution in [0.2, 0.25) is 0 Å². The van der Waals surface area contributed by atoms with Crippen molar-refractivity contribution in [1.82, 2.24) is 5.32 Å². The Morgan fingerprint density at radius 3 is 2.17 bits per heavy atom. The van der Waals surface area contributed by atoms with Crippen LogP contribution >= 0.6 is 0 Å². The molecule has 2 rings (SSSR count). The average Bonchev–Trinajstić information content (AvgIpc) is 2.34. The quantitative estimate of drug-likeness (QED) is 0.197. The number of hydrogen-bond acceptors (Lipinski definition) is 9. The van der Waals surface area contributed by atoms with Gasteiger partial charge >= 0.3 is 0 Å². The van der Waals surface area contributed by atoms with Gasteiger partial charge in [0.1, 0.15) is 17.2 Å². The lowest BCUT2D eigenvalue weighted by atomic mass is 9.83. The van der Waals surface area contributed by atoms with Gasteiger partial charge in [0, 0.05) is 26.7 Å². The Balaban J connectivity index is 2.50. The van der Waals surface area contributed by atoms with Crippen LogP contribution in [-0.4, -0.2) is 48.2 Å². The number of benzene rings is 1. The van der Waals surface area contributed by atoms with Crippen molar-refractivity contribution >= 4 is 5.69 Å². The molecule has 1 aromatic carbocycles. The SMILES string of the molecule is Cc1c(C2CC(O)(O)NC(O)(O)C2)cc(OC(C)(C)O)c(N)c1O. The number of anilines is 1. The first kappa shape index (κ1) is 18.7. The van der Waals surface area contributed by atoms with E-state index >= 15 is 0 Å². The lowest BCUT2D eigenvalue weighted by Crippen LogP contribution is -2.63. The molecule has 0 amide bonds. The fraction of sp³-hybridized carbons (Fsp3) is 0.600. The lowest BCUT2D eigenvalue weighted by molar-refractivity contribution is -0.313. The van der Waals surface area contributed by atoms with Gasteiger partial charge < -0.3 is 41.1 Å². The molecule has 0 bridgehead atoms. The van der Waals surface area contributed by atoms with Crippen molar-refractivity contribution in [2.24, 2.45) is 0 Å². The van der Waals surface area contributed by atoms with E-state index in [2.05, 4.69) is 0 Å². The van der Waals surface area contributed by atoms with E-state index in [9.17, 15) is 30.6 Å². The Morgan fingerprint density at radius 1 is 1.21 bits per heavy atom. The minimum absolute atomic E-state index is 0.00194. The van der Waals surface area contributed by atoms with Crippen molar-refractivity contribution in [2.45, 2.75) is 57.1 Å². The van der Waals surface area contributed by atoms with Gasteiger partial charge in [-0.25, -0.2) is 5.32 Å². The van der Waals surface area contributed by atoms with Crippen LogP contribution in [0.1, 0.15) is 43.7 Å². The third kappa shape index (κ3) is 4.07. The predicted octanol–water partition coefficient (Wildman–Crippen LogP) is -0.866. The summed E-state index contributed by atoms with van der Waals surface area (Å²) < 4.78 is 5.31. The van der Waals surface area contributed by atoms with Gasteiger partial charge in [0.15, 0.2) is 0 Å². The van der Waals surface area contributed by atoms with Crippen molar-refractivity contribution in [3.8, 4) is 11.5 Å². The summed E-state index contributed by atoms with van der Waals surface area (Å²) in [6.07, 6.45) is -0.524. The first-order chi connectivity index (χ1) is 10.7. The summed E-state index contributed by atoms with van der Waals surface area (Å²) in [5.74, 6) is -7.58. The Bertz CT molecular complexity index is 622. The predicted molar refractivity (Wildman–Crippen MR) is 83.6 cm³/mol. The summed E-state index contributed by atoms with van der Waals surface area (Å²) in [5.41, 5.74) is 6.45. The molecule has 136 valence electrons. The molecule has 1 aliphatic rings. The highest BCUT2D eigenvalue weighted by atomic mass is 16.6. The maximum absolute atomic E-state index is 10.2. The molecule has 9 N–H and O–H groups in total. The van der Waals surface area contributed by atoms with Gasteiger partial charge in [-0.05, 0) is 30.0 Å². The van der Waals surface area contributed by atoms with Crippen molar-refractivity contribution < 1.29 is 35.4 Å². The molecule has 9 nitrogen and oxygen atoms in total. The monoisotopic (exact) mass is 344 g/mol. The number of ether oxygens (including phenoxy) is 1. The molecular weight excluding hydrogens is 320 g/mol. The Hall–Kier alpha value is -1.62. The molecular formula is C15H24N2O7. The number of aromatic hydroxyl groups is 1. The number of nitrogen functional groups attached to an aromatic ring is 1. The number of nitrogens with two attached hydrogens (primary N) is 1. The minimum Gasteiger partial charge on any atom is -0.505 e. The van der Waals surface area contributed by atoms with Crippen LogP contribution in [0.3, 0.4) is 0 Å². The van der Waals surface area contributed by atoms with E-state index in [-0.39, 0.29) is 30.0 Å². The maximum atomic E-state index is 10.2. The number of rotatable bonds is 3. The number of nitrogens with one attached hydrogen (secondary N) is 1. The highest BCUT2D eigenvalue weighted by Gasteiger charge is 2.45. The molecule has 0 unspecified atom stereocenters.